The minimum atomic E-state index is -0.454. The number of carbonyl (C=O) groups excluding carboxylic acids is 2. The lowest BCUT2D eigenvalue weighted by Crippen LogP contribution is -2.42. The smallest absolute Gasteiger partial charge is 0.273 e. The summed E-state index contributed by atoms with van der Waals surface area (Å²) in [6.07, 6.45) is 1.94. The maximum atomic E-state index is 13.7. The zero-order valence-electron chi connectivity index (χ0n) is 22.2. The molecule has 3 aromatic carbocycles. The Morgan fingerprint density at radius 2 is 1.88 bits per heavy atom. The number of rotatable bonds is 8. The fraction of sp³-hybridized carbons (Fsp3) is 0.258. The standard InChI is InChI=1S/C31H29F2N3O4/c1-19(2)31(38)36-13-12-21-8-11-25(15-26(21)29(36)22-6-9-23(32)10-7-22)39-18-28-35-27(17-40-28)30(37)34-16-20-4-3-5-24(33)14-20/h3-11,14-15,17,19,29H,12-13,16,18H2,1-2H3,(H,34,37)/t29-/m1/s1. The summed E-state index contributed by atoms with van der Waals surface area (Å²) in [5.74, 6) is -0.585. The van der Waals surface area contributed by atoms with Gasteiger partial charge in [0.05, 0.1) is 6.04 Å². The van der Waals surface area contributed by atoms with Gasteiger partial charge < -0.3 is 19.4 Å². The van der Waals surface area contributed by atoms with Crippen LogP contribution in [0.5, 0.6) is 5.75 Å². The van der Waals surface area contributed by atoms with E-state index >= 15 is 0 Å². The van der Waals surface area contributed by atoms with Gasteiger partial charge in [-0.1, -0.05) is 44.2 Å². The number of nitrogens with one attached hydrogen (secondary N) is 1. The maximum Gasteiger partial charge on any atom is 0.273 e. The highest BCUT2D eigenvalue weighted by molar-refractivity contribution is 5.91. The molecule has 9 heteroatoms. The molecule has 0 fully saturated rings. The molecule has 0 saturated heterocycles. The lowest BCUT2D eigenvalue weighted by atomic mass is 9.87. The van der Waals surface area contributed by atoms with E-state index in [2.05, 4.69) is 10.3 Å². The first-order valence-electron chi connectivity index (χ1n) is 13.1. The second kappa shape index (κ2) is 11.7. The van der Waals surface area contributed by atoms with Gasteiger partial charge in [-0.05, 0) is 65.1 Å². The highest BCUT2D eigenvalue weighted by Crippen LogP contribution is 2.38. The van der Waals surface area contributed by atoms with E-state index in [1.54, 1.807) is 24.3 Å². The van der Waals surface area contributed by atoms with E-state index in [4.69, 9.17) is 9.15 Å². The third-order valence-electron chi connectivity index (χ3n) is 6.80. The molecule has 2 heterocycles. The quantitative estimate of drug-likeness (QED) is 0.312. The molecule has 1 aliphatic rings. The molecule has 1 N–H and O–H groups in total. The van der Waals surface area contributed by atoms with Crippen LogP contribution in [0.2, 0.25) is 0 Å². The highest BCUT2D eigenvalue weighted by atomic mass is 19.1. The van der Waals surface area contributed by atoms with Gasteiger partial charge in [-0.25, -0.2) is 13.8 Å². The Bertz CT molecular complexity index is 1520. The number of ether oxygens (including phenoxy) is 1. The van der Waals surface area contributed by atoms with Crippen LogP contribution in [0.4, 0.5) is 8.78 Å². The molecule has 5 rings (SSSR count). The van der Waals surface area contributed by atoms with Gasteiger partial charge in [-0.15, -0.1) is 0 Å². The number of aromatic nitrogens is 1. The van der Waals surface area contributed by atoms with Crippen LogP contribution in [0.3, 0.4) is 0 Å². The molecule has 1 atom stereocenters. The van der Waals surface area contributed by atoms with Crippen molar-refractivity contribution in [2.45, 2.75) is 39.5 Å². The Kier molecular flexibility index (Phi) is 7.91. The number of hydrogen-bond acceptors (Lipinski definition) is 5. The monoisotopic (exact) mass is 545 g/mol. The summed E-state index contributed by atoms with van der Waals surface area (Å²) in [4.78, 5) is 31.6. The topological polar surface area (TPSA) is 84.7 Å². The molecule has 0 bridgehead atoms. The summed E-state index contributed by atoms with van der Waals surface area (Å²) in [5, 5.41) is 2.68. The first-order chi connectivity index (χ1) is 19.3. The van der Waals surface area contributed by atoms with E-state index in [0.29, 0.717) is 24.3 Å². The molecule has 2 amide bonds. The summed E-state index contributed by atoms with van der Waals surface area (Å²) in [5.41, 5.74) is 3.52. The largest absolute Gasteiger partial charge is 0.484 e. The van der Waals surface area contributed by atoms with E-state index in [9.17, 15) is 18.4 Å². The lowest BCUT2D eigenvalue weighted by Gasteiger charge is -2.39. The van der Waals surface area contributed by atoms with Crippen LogP contribution in [0, 0.1) is 17.6 Å². The van der Waals surface area contributed by atoms with Crippen LogP contribution in [0.1, 0.15) is 58.5 Å². The van der Waals surface area contributed by atoms with Gasteiger partial charge >= 0.3 is 0 Å². The van der Waals surface area contributed by atoms with E-state index in [1.165, 1.54) is 30.5 Å². The van der Waals surface area contributed by atoms with Crippen LogP contribution in [-0.4, -0.2) is 28.2 Å². The van der Waals surface area contributed by atoms with E-state index in [1.807, 2.05) is 36.9 Å². The minimum absolute atomic E-state index is 0.0220. The molecule has 7 nitrogen and oxygen atoms in total. The summed E-state index contributed by atoms with van der Waals surface area (Å²) >= 11 is 0. The molecule has 0 unspecified atom stereocenters. The fourth-order valence-electron chi connectivity index (χ4n) is 4.80. The van der Waals surface area contributed by atoms with E-state index < -0.39 is 5.91 Å². The normalized spacial score (nSPS) is 14.6. The van der Waals surface area contributed by atoms with Crippen molar-refractivity contribution in [1.82, 2.24) is 15.2 Å². The second-order valence-electron chi connectivity index (χ2n) is 9.98. The molecule has 4 aromatic rings. The Morgan fingerprint density at radius 3 is 2.62 bits per heavy atom. The number of oxazole rings is 1. The average Bonchev–Trinajstić information content (AvgIpc) is 3.43. The predicted octanol–water partition coefficient (Wildman–Crippen LogP) is 5.59. The Labute approximate surface area is 230 Å². The Balaban J connectivity index is 1.30. The van der Waals surface area contributed by atoms with Crippen LogP contribution < -0.4 is 10.1 Å². The van der Waals surface area contributed by atoms with Gasteiger partial charge in [0.15, 0.2) is 12.3 Å². The number of carbonyl (C=O) groups is 2. The van der Waals surface area contributed by atoms with Crippen LogP contribution in [0.25, 0.3) is 0 Å². The minimum Gasteiger partial charge on any atom is -0.484 e. The molecule has 40 heavy (non-hydrogen) atoms. The number of fused-ring (bicyclic) bond motifs is 1. The number of nitrogens with zero attached hydrogens (tertiary/aromatic N) is 2. The van der Waals surface area contributed by atoms with Gasteiger partial charge in [0.25, 0.3) is 5.91 Å². The van der Waals surface area contributed by atoms with Crippen molar-refractivity contribution in [2.75, 3.05) is 6.54 Å². The summed E-state index contributed by atoms with van der Waals surface area (Å²) in [6.45, 7) is 4.42. The molecule has 0 saturated carbocycles. The molecule has 0 aliphatic carbocycles. The first-order valence-corrected chi connectivity index (χ1v) is 13.1. The third kappa shape index (κ3) is 6.03. The van der Waals surface area contributed by atoms with E-state index in [0.717, 1.165) is 16.7 Å². The SMILES string of the molecule is CC(C)C(=O)N1CCc2ccc(OCc3nc(C(=O)NCc4cccc(F)c4)co3)cc2[C@H]1c1ccc(F)cc1. The van der Waals surface area contributed by atoms with Gasteiger partial charge in [0, 0.05) is 19.0 Å². The number of hydrogen-bond donors (Lipinski definition) is 1. The van der Waals surface area contributed by atoms with Crippen LogP contribution in [-0.2, 0) is 24.4 Å². The average molecular weight is 546 g/mol. The summed E-state index contributed by atoms with van der Waals surface area (Å²) < 4.78 is 38.4. The zero-order valence-corrected chi connectivity index (χ0v) is 22.2. The van der Waals surface area contributed by atoms with Gasteiger partial charge in [0.1, 0.15) is 23.6 Å². The molecular formula is C31H29F2N3O4. The van der Waals surface area contributed by atoms with Gasteiger partial charge in [0.2, 0.25) is 11.8 Å². The van der Waals surface area contributed by atoms with Crippen molar-refractivity contribution in [3.05, 3.63) is 118 Å². The lowest BCUT2D eigenvalue weighted by molar-refractivity contribution is -0.136. The molecule has 1 aliphatic heterocycles. The number of amides is 2. The zero-order chi connectivity index (χ0) is 28.2. The Morgan fingerprint density at radius 1 is 1.07 bits per heavy atom. The van der Waals surface area contributed by atoms with Crippen LogP contribution in [0.15, 0.2) is 77.4 Å². The predicted molar refractivity (Wildman–Crippen MR) is 143 cm³/mol. The van der Waals surface area contributed by atoms with Crippen molar-refractivity contribution in [3.8, 4) is 5.75 Å². The third-order valence-corrected chi connectivity index (χ3v) is 6.80. The van der Waals surface area contributed by atoms with Crippen molar-refractivity contribution >= 4 is 11.8 Å². The molecular weight excluding hydrogens is 516 g/mol. The first kappa shape index (κ1) is 27.1. The summed E-state index contributed by atoms with van der Waals surface area (Å²) in [6, 6.07) is 17.5. The van der Waals surface area contributed by atoms with Crippen molar-refractivity contribution < 1.29 is 27.5 Å². The van der Waals surface area contributed by atoms with Gasteiger partial charge in [-0.2, -0.15) is 0 Å². The van der Waals surface area contributed by atoms with Gasteiger partial charge in [-0.3, -0.25) is 9.59 Å². The van der Waals surface area contributed by atoms with Crippen molar-refractivity contribution in [2.24, 2.45) is 5.92 Å². The van der Waals surface area contributed by atoms with Crippen LogP contribution >= 0.6 is 0 Å². The number of benzene rings is 3. The maximum absolute atomic E-state index is 13.7. The molecule has 1 aromatic heterocycles. The highest BCUT2D eigenvalue weighted by Gasteiger charge is 2.33. The number of halogens is 2. The molecule has 0 spiro atoms. The summed E-state index contributed by atoms with van der Waals surface area (Å²) in [7, 11) is 0. The molecule has 206 valence electrons. The molecule has 0 radical (unpaired) electrons. The second-order valence-corrected chi connectivity index (χ2v) is 9.98. The Hall–Kier alpha value is -4.53. The van der Waals surface area contributed by atoms with Crippen molar-refractivity contribution in [1.29, 1.82) is 0 Å². The van der Waals surface area contributed by atoms with Crippen molar-refractivity contribution in [3.63, 3.8) is 0 Å². The fourth-order valence-corrected chi connectivity index (χ4v) is 4.80. The van der Waals surface area contributed by atoms with E-state index in [-0.39, 0.29) is 54.2 Å².